The molecule has 1 aromatic carbocycles. The van der Waals surface area contributed by atoms with E-state index in [1.54, 1.807) is 0 Å². The minimum atomic E-state index is 0.562. The fourth-order valence-electron chi connectivity index (χ4n) is 3.13. The average Bonchev–Trinajstić information content (AvgIpc) is 2.86. The summed E-state index contributed by atoms with van der Waals surface area (Å²) in [5.41, 5.74) is 1.26. The molecule has 0 spiro atoms. The quantitative estimate of drug-likeness (QED) is 0.747. The first-order valence-electron chi connectivity index (χ1n) is 7.36. The summed E-state index contributed by atoms with van der Waals surface area (Å²) >= 11 is 9.80. The number of halogens is 2. The molecule has 0 bridgehead atoms. The third-order valence-electron chi connectivity index (χ3n) is 4.07. The summed E-state index contributed by atoms with van der Waals surface area (Å²) in [6.45, 7) is 3.22. The van der Waals surface area contributed by atoms with Crippen molar-refractivity contribution in [1.82, 2.24) is 5.32 Å². The van der Waals surface area contributed by atoms with Gasteiger partial charge in [0, 0.05) is 15.5 Å². The predicted molar refractivity (Wildman–Crippen MR) is 86.9 cm³/mol. The first kappa shape index (κ1) is 15.3. The molecule has 1 atom stereocenters. The van der Waals surface area contributed by atoms with Gasteiger partial charge in [-0.3, -0.25) is 0 Å². The Labute approximate surface area is 130 Å². The van der Waals surface area contributed by atoms with Gasteiger partial charge in [0.15, 0.2) is 0 Å². The molecule has 0 heterocycles. The fraction of sp³-hybridized carbons (Fsp3) is 0.625. The summed E-state index contributed by atoms with van der Waals surface area (Å²) in [5, 5.41) is 4.51. The molecule has 2 rings (SSSR count). The Hall–Kier alpha value is -0.0500. The monoisotopic (exact) mass is 343 g/mol. The Morgan fingerprint density at radius 2 is 2.11 bits per heavy atom. The van der Waals surface area contributed by atoms with E-state index < -0.39 is 0 Å². The topological polar surface area (TPSA) is 12.0 Å². The zero-order chi connectivity index (χ0) is 13.7. The van der Waals surface area contributed by atoms with Crippen LogP contribution in [0.1, 0.15) is 44.6 Å². The van der Waals surface area contributed by atoms with E-state index in [9.17, 15) is 0 Å². The highest BCUT2D eigenvalue weighted by Gasteiger charge is 2.20. The maximum Gasteiger partial charge on any atom is 0.0449 e. The molecule has 1 N–H and O–H groups in total. The average molecular weight is 345 g/mol. The van der Waals surface area contributed by atoms with Crippen molar-refractivity contribution in [3.05, 3.63) is 33.3 Å². The number of likely N-dealkylation sites (N-methyl/N-ethyl adjacent to an activating group) is 1. The maximum atomic E-state index is 6.33. The first-order chi connectivity index (χ1) is 9.19. The molecule has 19 heavy (non-hydrogen) atoms. The van der Waals surface area contributed by atoms with Crippen molar-refractivity contribution in [2.45, 2.75) is 51.5 Å². The summed E-state index contributed by atoms with van der Waals surface area (Å²) in [7, 11) is 0. The molecule has 1 aliphatic rings. The van der Waals surface area contributed by atoms with Gasteiger partial charge in [0.2, 0.25) is 0 Å². The lowest BCUT2D eigenvalue weighted by Crippen LogP contribution is -2.32. The number of benzene rings is 1. The van der Waals surface area contributed by atoms with E-state index in [2.05, 4.69) is 40.3 Å². The number of hydrogen-bond acceptors (Lipinski definition) is 1. The number of rotatable bonds is 6. The molecule has 1 unspecified atom stereocenters. The van der Waals surface area contributed by atoms with Crippen LogP contribution in [-0.4, -0.2) is 12.6 Å². The molecule has 1 fully saturated rings. The molecule has 106 valence electrons. The maximum absolute atomic E-state index is 6.33. The van der Waals surface area contributed by atoms with Crippen molar-refractivity contribution in [3.8, 4) is 0 Å². The van der Waals surface area contributed by atoms with Gasteiger partial charge >= 0.3 is 0 Å². The van der Waals surface area contributed by atoms with E-state index in [1.807, 2.05) is 6.07 Å². The Kier molecular flexibility index (Phi) is 6.18. The minimum Gasteiger partial charge on any atom is -0.314 e. The summed E-state index contributed by atoms with van der Waals surface area (Å²) in [6.07, 6.45) is 7.99. The van der Waals surface area contributed by atoms with E-state index in [0.717, 1.165) is 28.4 Å². The molecule has 0 amide bonds. The molecule has 1 nitrogen and oxygen atoms in total. The van der Waals surface area contributed by atoms with Crippen molar-refractivity contribution < 1.29 is 0 Å². The van der Waals surface area contributed by atoms with Crippen LogP contribution < -0.4 is 5.32 Å². The van der Waals surface area contributed by atoms with Gasteiger partial charge in [-0.2, -0.15) is 0 Å². The largest absolute Gasteiger partial charge is 0.314 e. The zero-order valence-electron chi connectivity index (χ0n) is 11.6. The molecule has 0 aliphatic heterocycles. The van der Waals surface area contributed by atoms with Gasteiger partial charge in [-0.05, 0) is 43.0 Å². The molecule has 1 aliphatic carbocycles. The van der Waals surface area contributed by atoms with Crippen LogP contribution in [0.5, 0.6) is 0 Å². The van der Waals surface area contributed by atoms with E-state index >= 15 is 0 Å². The molecule has 0 aromatic heterocycles. The number of hydrogen-bond donors (Lipinski definition) is 1. The van der Waals surface area contributed by atoms with Gasteiger partial charge in [0.1, 0.15) is 0 Å². The van der Waals surface area contributed by atoms with E-state index in [-0.39, 0.29) is 0 Å². The van der Waals surface area contributed by atoms with Gasteiger partial charge < -0.3 is 5.32 Å². The van der Waals surface area contributed by atoms with Crippen LogP contribution >= 0.6 is 27.5 Å². The SMILES string of the molecule is CCNC(Cc1ccc(Br)cc1Cl)CC1CCCC1. The van der Waals surface area contributed by atoms with Crippen molar-refractivity contribution in [2.75, 3.05) is 6.54 Å². The van der Waals surface area contributed by atoms with Gasteiger partial charge in [-0.15, -0.1) is 0 Å². The van der Waals surface area contributed by atoms with E-state index in [4.69, 9.17) is 11.6 Å². The molecule has 3 heteroatoms. The second-order valence-electron chi connectivity index (χ2n) is 5.58. The highest BCUT2D eigenvalue weighted by atomic mass is 79.9. The Morgan fingerprint density at radius 1 is 1.37 bits per heavy atom. The highest BCUT2D eigenvalue weighted by Crippen LogP contribution is 2.30. The van der Waals surface area contributed by atoms with Crippen molar-refractivity contribution in [3.63, 3.8) is 0 Å². The van der Waals surface area contributed by atoms with Crippen LogP contribution in [0.4, 0.5) is 0 Å². The van der Waals surface area contributed by atoms with Crippen LogP contribution in [0.2, 0.25) is 5.02 Å². The van der Waals surface area contributed by atoms with Crippen molar-refractivity contribution in [2.24, 2.45) is 5.92 Å². The molecule has 1 saturated carbocycles. The summed E-state index contributed by atoms with van der Waals surface area (Å²) < 4.78 is 1.05. The lowest BCUT2D eigenvalue weighted by Gasteiger charge is -2.22. The molecule has 1 aromatic rings. The van der Waals surface area contributed by atoms with Crippen molar-refractivity contribution in [1.29, 1.82) is 0 Å². The molecular formula is C16H23BrClN. The zero-order valence-corrected chi connectivity index (χ0v) is 13.9. The van der Waals surface area contributed by atoms with Crippen LogP contribution in [0.3, 0.4) is 0 Å². The minimum absolute atomic E-state index is 0.562. The second kappa shape index (κ2) is 7.66. The smallest absolute Gasteiger partial charge is 0.0449 e. The molecule has 0 radical (unpaired) electrons. The lowest BCUT2D eigenvalue weighted by atomic mass is 9.94. The van der Waals surface area contributed by atoms with Crippen LogP contribution in [-0.2, 0) is 6.42 Å². The Balaban J connectivity index is 1.98. The van der Waals surface area contributed by atoms with Crippen molar-refractivity contribution >= 4 is 27.5 Å². The standard InChI is InChI=1S/C16H23BrClN/c1-2-19-15(9-12-5-3-4-6-12)10-13-7-8-14(17)11-16(13)18/h7-8,11-12,15,19H,2-6,9-10H2,1H3. The Morgan fingerprint density at radius 3 is 2.74 bits per heavy atom. The predicted octanol–water partition coefficient (Wildman–Crippen LogP) is 5.20. The second-order valence-corrected chi connectivity index (χ2v) is 6.90. The summed E-state index contributed by atoms with van der Waals surface area (Å²) in [6, 6.07) is 6.78. The van der Waals surface area contributed by atoms with Gasteiger partial charge in [-0.25, -0.2) is 0 Å². The van der Waals surface area contributed by atoms with Crippen LogP contribution in [0, 0.1) is 5.92 Å². The van der Waals surface area contributed by atoms with Gasteiger partial charge in [-0.1, -0.05) is 66.2 Å². The van der Waals surface area contributed by atoms with Crippen LogP contribution in [0.15, 0.2) is 22.7 Å². The van der Waals surface area contributed by atoms with Crippen LogP contribution in [0.25, 0.3) is 0 Å². The lowest BCUT2D eigenvalue weighted by molar-refractivity contribution is 0.390. The normalized spacial score (nSPS) is 17.8. The Bertz CT molecular complexity index is 402. The molecular weight excluding hydrogens is 322 g/mol. The molecule has 0 saturated heterocycles. The third kappa shape index (κ3) is 4.77. The van der Waals surface area contributed by atoms with Gasteiger partial charge in [0.25, 0.3) is 0 Å². The summed E-state index contributed by atoms with van der Waals surface area (Å²) in [4.78, 5) is 0. The summed E-state index contributed by atoms with van der Waals surface area (Å²) in [5.74, 6) is 0.915. The van der Waals surface area contributed by atoms with E-state index in [0.29, 0.717) is 6.04 Å². The highest BCUT2D eigenvalue weighted by molar-refractivity contribution is 9.10. The first-order valence-corrected chi connectivity index (χ1v) is 8.53. The van der Waals surface area contributed by atoms with Gasteiger partial charge in [0.05, 0.1) is 0 Å². The number of nitrogens with one attached hydrogen (secondary N) is 1. The van der Waals surface area contributed by atoms with E-state index in [1.165, 1.54) is 37.7 Å². The fourth-order valence-corrected chi connectivity index (χ4v) is 3.88. The third-order valence-corrected chi connectivity index (χ3v) is 4.91.